The van der Waals surface area contributed by atoms with E-state index in [-0.39, 0.29) is 24.2 Å². The van der Waals surface area contributed by atoms with Crippen LogP contribution in [0.2, 0.25) is 0 Å². The van der Waals surface area contributed by atoms with E-state index in [4.69, 9.17) is 4.74 Å². The van der Waals surface area contributed by atoms with Gasteiger partial charge in [0.15, 0.2) is 0 Å². The van der Waals surface area contributed by atoms with Crippen LogP contribution in [0.25, 0.3) is 0 Å². The van der Waals surface area contributed by atoms with E-state index in [1.54, 1.807) is 0 Å². The standard InChI is InChI=1S/C18H21FN2O4/c1-12-4-2-3-9-18(12)16(23)21(17(24)20-18)10-15(22)25-11-13-5-7-14(19)8-6-13/h5-8,12H,2-4,9-11H2,1H3,(H,20,24). The number of hydrogen-bond donors (Lipinski definition) is 1. The van der Waals surface area contributed by atoms with E-state index < -0.39 is 24.1 Å². The molecule has 0 radical (unpaired) electrons. The van der Waals surface area contributed by atoms with E-state index in [1.807, 2.05) is 6.92 Å². The minimum absolute atomic E-state index is 0.0374. The Hall–Kier alpha value is -2.44. The van der Waals surface area contributed by atoms with Crippen molar-refractivity contribution in [1.82, 2.24) is 10.2 Å². The summed E-state index contributed by atoms with van der Waals surface area (Å²) in [6.07, 6.45) is 3.37. The molecule has 1 saturated carbocycles. The Bertz CT molecular complexity index is 691. The maximum atomic E-state index is 12.9. The average molecular weight is 348 g/mol. The number of nitrogens with one attached hydrogen (secondary N) is 1. The fraction of sp³-hybridized carbons (Fsp3) is 0.500. The van der Waals surface area contributed by atoms with Crippen LogP contribution in [0.15, 0.2) is 24.3 Å². The smallest absolute Gasteiger partial charge is 0.326 e. The monoisotopic (exact) mass is 348 g/mol. The summed E-state index contributed by atoms with van der Waals surface area (Å²) in [5.41, 5.74) is -0.253. The molecule has 0 bridgehead atoms. The van der Waals surface area contributed by atoms with Gasteiger partial charge in [-0.05, 0) is 36.5 Å². The van der Waals surface area contributed by atoms with Gasteiger partial charge in [-0.2, -0.15) is 0 Å². The fourth-order valence-electron chi connectivity index (χ4n) is 3.56. The van der Waals surface area contributed by atoms with E-state index in [0.29, 0.717) is 12.0 Å². The van der Waals surface area contributed by atoms with Crippen molar-refractivity contribution in [2.45, 2.75) is 44.8 Å². The highest BCUT2D eigenvalue weighted by Gasteiger charge is 2.55. The molecule has 2 aliphatic rings. The van der Waals surface area contributed by atoms with Gasteiger partial charge in [0.2, 0.25) is 0 Å². The third-order valence-corrected chi connectivity index (χ3v) is 5.10. The lowest BCUT2D eigenvalue weighted by Gasteiger charge is -2.36. The molecule has 1 spiro atoms. The molecular weight excluding hydrogens is 327 g/mol. The van der Waals surface area contributed by atoms with Crippen LogP contribution in [-0.2, 0) is 20.9 Å². The third kappa shape index (κ3) is 3.36. The molecular formula is C18H21FN2O4. The molecule has 1 N–H and O–H groups in total. The van der Waals surface area contributed by atoms with Crippen LogP contribution in [-0.4, -0.2) is 34.9 Å². The van der Waals surface area contributed by atoms with Crippen LogP contribution in [0.5, 0.6) is 0 Å². The Morgan fingerprint density at radius 3 is 2.72 bits per heavy atom. The van der Waals surface area contributed by atoms with Crippen molar-refractivity contribution in [2.75, 3.05) is 6.54 Å². The van der Waals surface area contributed by atoms with Gasteiger partial charge in [0.25, 0.3) is 5.91 Å². The number of imide groups is 1. The lowest BCUT2D eigenvalue weighted by Crippen LogP contribution is -2.54. The van der Waals surface area contributed by atoms with Crippen molar-refractivity contribution < 1.29 is 23.5 Å². The molecule has 2 unspecified atom stereocenters. The van der Waals surface area contributed by atoms with E-state index in [2.05, 4.69) is 5.32 Å². The van der Waals surface area contributed by atoms with Gasteiger partial charge < -0.3 is 10.1 Å². The maximum absolute atomic E-state index is 12.9. The topological polar surface area (TPSA) is 75.7 Å². The number of carbonyl (C=O) groups excluding carboxylic acids is 3. The molecule has 1 heterocycles. The molecule has 3 amide bonds. The highest BCUT2D eigenvalue weighted by molar-refractivity contribution is 6.08. The SMILES string of the molecule is CC1CCCCC12NC(=O)N(CC(=O)OCc1ccc(F)cc1)C2=O. The van der Waals surface area contributed by atoms with Crippen LogP contribution in [0.1, 0.15) is 38.2 Å². The van der Waals surface area contributed by atoms with Crippen LogP contribution in [0, 0.1) is 11.7 Å². The summed E-state index contributed by atoms with van der Waals surface area (Å²) in [6, 6.07) is 5.02. The molecule has 6 nitrogen and oxygen atoms in total. The number of rotatable bonds is 4. The molecule has 2 fully saturated rings. The summed E-state index contributed by atoms with van der Waals surface area (Å²) in [5, 5.41) is 2.79. The predicted octanol–water partition coefficient (Wildman–Crippen LogP) is 2.37. The number of urea groups is 1. The zero-order valence-corrected chi connectivity index (χ0v) is 14.1. The van der Waals surface area contributed by atoms with Gasteiger partial charge in [-0.3, -0.25) is 14.5 Å². The molecule has 3 rings (SSSR count). The first-order chi connectivity index (χ1) is 11.9. The Labute approximate surface area is 145 Å². The number of esters is 1. The zero-order valence-electron chi connectivity index (χ0n) is 14.1. The Morgan fingerprint density at radius 1 is 1.32 bits per heavy atom. The van der Waals surface area contributed by atoms with Crippen LogP contribution in [0.4, 0.5) is 9.18 Å². The van der Waals surface area contributed by atoms with Crippen molar-refractivity contribution in [3.8, 4) is 0 Å². The summed E-state index contributed by atoms with van der Waals surface area (Å²) in [7, 11) is 0. The zero-order chi connectivity index (χ0) is 18.0. The van der Waals surface area contributed by atoms with Gasteiger partial charge >= 0.3 is 12.0 Å². The number of amides is 3. The van der Waals surface area contributed by atoms with Crippen molar-refractivity contribution >= 4 is 17.9 Å². The first-order valence-electron chi connectivity index (χ1n) is 8.46. The quantitative estimate of drug-likeness (QED) is 0.669. The number of benzene rings is 1. The molecule has 1 saturated heterocycles. The van der Waals surface area contributed by atoms with Gasteiger partial charge in [0, 0.05) is 0 Å². The minimum atomic E-state index is -0.882. The highest BCUT2D eigenvalue weighted by atomic mass is 19.1. The normalized spacial score (nSPS) is 26.0. The minimum Gasteiger partial charge on any atom is -0.459 e. The van der Waals surface area contributed by atoms with Gasteiger partial charge in [0.1, 0.15) is 24.5 Å². The Kier molecular flexibility index (Phi) is 4.74. The van der Waals surface area contributed by atoms with Crippen molar-refractivity contribution in [3.63, 3.8) is 0 Å². The van der Waals surface area contributed by atoms with Gasteiger partial charge in [-0.15, -0.1) is 0 Å². The average Bonchev–Trinajstić information content (AvgIpc) is 2.82. The van der Waals surface area contributed by atoms with Crippen LogP contribution < -0.4 is 5.32 Å². The number of hydrogen-bond acceptors (Lipinski definition) is 4. The van der Waals surface area contributed by atoms with Gasteiger partial charge in [-0.25, -0.2) is 9.18 Å². The van der Waals surface area contributed by atoms with Crippen molar-refractivity contribution in [2.24, 2.45) is 5.92 Å². The lowest BCUT2D eigenvalue weighted by atomic mass is 9.73. The Morgan fingerprint density at radius 2 is 2.04 bits per heavy atom. The first-order valence-corrected chi connectivity index (χ1v) is 8.46. The number of halogens is 1. The lowest BCUT2D eigenvalue weighted by molar-refractivity contribution is -0.149. The van der Waals surface area contributed by atoms with E-state index in [9.17, 15) is 18.8 Å². The van der Waals surface area contributed by atoms with Crippen molar-refractivity contribution in [1.29, 1.82) is 0 Å². The second-order valence-corrected chi connectivity index (χ2v) is 6.73. The third-order valence-electron chi connectivity index (χ3n) is 5.10. The molecule has 134 valence electrons. The number of nitrogens with zero attached hydrogens (tertiary/aromatic N) is 1. The summed E-state index contributed by atoms with van der Waals surface area (Å²) in [6.45, 7) is 1.50. The molecule has 7 heteroatoms. The second-order valence-electron chi connectivity index (χ2n) is 6.73. The van der Waals surface area contributed by atoms with E-state index in [0.717, 1.165) is 24.2 Å². The molecule has 2 atom stereocenters. The van der Waals surface area contributed by atoms with Gasteiger partial charge in [-0.1, -0.05) is 31.9 Å². The highest BCUT2D eigenvalue weighted by Crippen LogP contribution is 2.38. The first kappa shape index (κ1) is 17.4. The summed E-state index contributed by atoms with van der Waals surface area (Å²) in [4.78, 5) is 37.9. The molecule has 1 aliphatic carbocycles. The molecule has 25 heavy (non-hydrogen) atoms. The van der Waals surface area contributed by atoms with Gasteiger partial charge in [0.05, 0.1) is 0 Å². The largest absolute Gasteiger partial charge is 0.459 e. The summed E-state index contributed by atoms with van der Waals surface area (Å²) in [5.74, 6) is -1.35. The summed E-state index contributed by atoms with van der Waals surface area (Å²) >= 11 is 0. The maximum Gasteiger partial charge on any atom is 0.326 e. The Balaban J connectivity index is 1.60. The van der Waals surface area contributed by atoms with E-state index >= 15 is 0 Å². The second kappa shape index (κ2) is 6.82. The van der Waals surface area contributed by atoms with Crippen LogP contribution in [0.3, 0.4) is 0 Å². The molecule has 1 aromatic carbocycles. The van der Waals surface area contributed by atoms with Crippen molar-refractivity contribution in [3.05, 3.63) is 35.6 Å². The fourth-order valence-corrected chi connectivity index (χ4v) is 3.56. The summed E-state index contributed by atoms with van der Waals surface area (Å²) < 4.78 is 17.9. The molecule has 1 aromatic rings. The predicted molar refractivity (Wildman–Crippen MR) is 86.8 cm³/mol. The molecule has 0 aromatic heterocycles. The van der Waals surface area contributed by atoms with Crippen LogP contribution >= 0.6 is 0 Å². The molecule has 1 aliphatic heterocycles. The number of ether oxygens (including phenoxy) is 1. The number of carbonyl (C=O) groups is 3. The van der Waals surface area contributed by atoms with E-state index in [1.165, 1.54) is 24.3 Å².